The number of fused-ring (bicyclic) bond motifs is 8. The molecule has 4 unspecified atom stereocenters. The second-order valence-electron chi connectivity index (χ2n) is 7.19. The van der Waals surface area contributed by atoms with Crippen LogP contribution in [-0.4, -0.2) is 22.8 Å². The van der Waals surface area contributed by atoms with Crippen LogP contribution in [0.25, 0.3) is 0 Å². The highest BCUT2D eigenvalue weighted by Crippen LogP contribution is 2.43. The van der Waals surface area contributed by atoms with Crippen LogP contribution < -0.4 is 0 Å². The minimum Gasteiger partial charge on any atom is -0.349 e. The standard InChI is InChI=1S/C17H28Cl2O2/c1-2-10-17(18,19)11-16-20-14-8-9-15(21-16)13-5-3-4-12(14)6-7-13/h12-16H,2-11H2,1H3. The van der Waals surface area contributed by atoms with Gasteiger partial charge in [-0.25, -0.2) is 0 Å². The quantitative estimate of drug-likeness (QED) is 0.502. The molecule has 4 heteroatoms. The fraction of sp³-hybridized carbons (Fsp3) is 1.00. The Hall–Kier alpha value is 0.500. The number of halogens is 2. The summed E-state index contributed by atoms with van der Waals surface area (Å²) in [5.41, 5.74) is 0. The van der Waals surface area contributed by atoms with Gasteiger partial charge in [0.05, 0.1) is 12.2 Å². The molecule has 0 aromatic rings. The van der Waals surface area contributed by atoms with Crippen molar-refractivity contribution in [2.75, 3.05) is 0 Å². The van der Waals surface area contributed by atoms with Crippen LogP contribution in [-0.2, 0) is 9.47 Å². The van der Waals surface area contributed by atoms with Crippen molar-refractivity contribution in [1.82, 2.24) is 0 Å². The molecule has 1 aliphatic heterocycles. The summed E-state index contributed by atoms with van der Waals surface area (Å²) in [6, 6.07) is 0. The first kappa shape index (κ1) is 16.4. The molecule has 0 spiro atoms. The zero-order valence-electron chi connectivity index (χ0n) is 13.0. The Morgan fingerprint density at radius 3 is 2.00 bits per heavy atom. The third kappa shape index (κ3) is 4.07. The van der Waals surface area contributed by atoms with Crippen LogP contribution in [0.2, 0.25) is 0 Å². The molecule has 3 fully saturated rings. The molecule has 2 aliphatic carbocycles. The normalized spacial score (nSPS) is 40.4. The number of hydrogen-bond donors (Lipinski definition) is 0. The monoisotopic (exact) mass is 334 g/mol. The predicted molar refractivity (Wildman–Crippen MR) is 86.8 cm³/mol. The van der Waals surface area contributed by atoms with Crippen molar-refractivity contribution in [3.8, 4) is 0 Å². The van der Waals surface area contributed by atoms with Gasteiger partial charge in [-0.1, -0.05) is 19.8 Å². The Morgan fingerprint density at radius 1 is 0.905 bits per heavy atom. The van der Waals surface area contributed by atoms with E-state index in [0.717, 1.165) is 25.7 Å². The van der Waals surface area contributed by atoms with Crippen LogP contribution in [0.5, 0.6) is 0 Å². The molecule has 0 radical (unpaired) electrons. The van der Waals surface area contributed by atoms with Crippen LogP contribution in [0.15, 0.2) is 0 Å². The molecule has 4 bridgehead atoms. The Balaban J connectivity index is 1.73. The maximum atomic E-state index is 6.45. The highest BCUT2D eigenvalue weighted by molar-refractivity contribution is 6.48. The Bertz CT molecular complexity index is 326. The summed E-state index contributed by atoms with van der Waals surface area (Å²) >= 11 is 12.9. The lowest BCUT2D eigenvalue weighted by Crippen LogP contribution is -2.33. The van der Waals surface area contributed by atoms with Gasteiger partial charge in [-0.3, -0.25) is 0 Å². The van der Waals surface area contributed by atoms with Crippen molar-refractivity contribution in [3.63, 3.8) is 0 Å². The van der Waals surface area contributed by atoms with Crippen molar-refractivity contribution in [2.24, 2.45) is 11.8 Å². The fourth-order valence-electron chi connectivity index (χ4n) is 4.49. The summed E-state index contributed by atoms with van der Waals surface area (Å²) in [4.78, 5) is 0. The van der Waals surface area contributed by atoms with Crippen molar-refractivity contribution in [3.05, 3.63) is 0 Å². The van der Waals surface area contributed by atoms with Crippen LogP contribution in [0.1, 0.15) is 71.1 Å². The van der Waals surface area contributed by atoms with Gasteiger partial charge < -0.3 is 9.47 Å². The summed E-state index contributed by atoms with van der Waals surface area (Å²) < 4.78 is 12.0. The minimum absolute atomic E-state index is 0.217. The molecular formula is C17H28Cl2O2. The van der Waals surface area contributed by atoms with Crippen LogP contribution in [0.4, 0.5) is 0 Å². The molecular weight excluding hydrogens is 307 g/mol. The molecule has 0 amide bonds. The first-order valence-electron chi connectivity index (χ1n) is 8.76. The van der Waals surface area contributed by atoms with E-state index < -0.39 is 4.33 Å². The summed E-state index contributed by atoms with van der Waals surface area (Å²) in [5, 5.41) is 0. The summed E-state index contributed by atoms with van der Waals surface area (Å²) in [5.74, 6) is 1.43. The highest BCUT2D eigenvalue weighted by atomic mass is 35.5. The average Bonchev–Trinajstić information content (AvgIpc) is 2.70. The Labute approximate surface area is 138 Å². The number of ether oxygens (including phenoxy) is 2. The van der Waals surface area contributed by atoms with Gasteiger partial charge in [0.25, 0.3) is 0 Å². The molecule has 122 valence electrons. The first-order chi connectivity index (χ1) is 10.1. The van der Waals surface area contributed by atoms with Gasteiger partial charge in [0.2, 0.25) is 0 Å². The average molecular weight is 335 g/mol. The van der Waals surface area contributed by atoms with Crippen molar-refractivity contribution < 1.29 is 9.47 Å². The van der Waals surface area contributed by atoms with Gasteiger partial charge in [-0.05, 0) is 56.8 Å². The molecule has 1 saturated heterocycles. The Kier molecular flexibility index (Phi) is 5.41. The lowest BCUT2D eigenvalue weighted by atomic mass is 9.84. The molecule has 2 saturated carbocycles. The molecule has 2 nitrogen and oxygen atoms in total. The molecule has 3 aliphatic rings. The largest absolute Gasteiger partial charge is 0.349 e. The lowest BCUT2D eigenvalue weighted by molar-refractivity contribution is -0.194. The van der Waals surface area contributed by atoms with E-state index in [2.05, 4.69) is 6.92 Å². The zero-order valence-corrected chi connectivity index (χ0v) is 14.5. The van der Waals surface area contributed by atoms with Gasteiger partial charge in [0.15, 0.2) is 6.29 Å². The van der Waals surface area contributed by atoms with E-state index in [1.807, 2.05) is 0 Å². The summed E-state index contributed by atoms with van der Waals surface area (Å²) in [7, 11) is 0. The molecule has 0 N–H and O–H groups in total. The zero-order chi connectivity index (χ0) is 14.9. The van der Waals surface area contributed by atoms with E-state index in [9.17, 15) is 0 Å². The second-order valence-corrected chi connectivity index (χ2v) is 8.83. The predicted octanol–water partition coefficient (Wildman–Crippen LogP) is 5.45. The molecule has 3 rings (SSSR count). The summed E-state index contributed by atoms with van der Waals surface area (Å²) in [6.45, 7) is 2.11. The number of hydrogen-bond acceptors (Lipinski definition) is 2. The topological polar surface area (TPSA) is 18.5 Å². The molecule has 1 heterocycles. The van der Waals surface area contributed by atoms with E-state index in [-0.39, 0.29) is 6.29 Å². The summed E-state index contributed by atoms with van der Waals surface area (Å²) in [6.07, 6.45) is 11.7. The third-order valence-corrected chi connectivity index (χ3v) is 6.27. The molecule has 0 aromatic heterocycles. The van der Waals surface area contributed by atoms with E-state index in [1.165, 1.54) is 32.1 Å². The first-order valence-corrected chi connectivity index (χ1v) is 9.52. The van der Waals surface area contributed by atoms with Crippen LogP contribution >= 0.6 is 23.2 Å². The number of alkyl halides is 2. The van der Waals surface area contributed by atoms with Crippen molar-refractivity contribution in [1.29, 1.82) is 0 Å². The van der Waals surface area contributed by atoms with Gasteiger partial charge in [-0.15, -0.1) is 23.2 Å². The van der Waals surface area contributed by atoms with Gasteiger partial charge >= 0.3 is 0 Å². The number of rotatable bonds is 4. The van der Waals surface area contributed by atoms with Gasteiger partial charge in [-0.2, -0.15) is 0 Å². The third-order valence-electron chi connectivity index (χ3n) is 5.58. The second kappa shape index (κ2) is 6.95. The van der Waals surface area contributed by atoms with Crippen LogP contribution in [0.3, 0.4) is 0 Å². The van der Waals surface area contributed by atoms with E-state index in [4.69, 9.17) is 32.7 Å². The van der Waals surface area contributed by atoms with Gasteiger partial charge in [0, 0.05) is 6.42 Å². The van der Waals surface area contributed by atoms with Crippen molar-refractivity contribution >= 4 is 23.2 Å². The molecule has 0 aromatic carbocycles. The smallest absolute Gasteiger partial charge is 0.161 e. The maximum Gasteiger partial charge on any atom is 0.161 e. The van der Waals surface area contributed by atoms with Gasteiger partial charge in [0.1, 0.15) is 4.33 Å². The van der Waals surface area contributed by atoms with E-state index in [1.54, 1.807) is 0 Å². The minimum atomic E-state index is -0.720. The maximum absolute atomic E-state index is 6.45. The lowest BCUT2D eigenvalue weighted by Gasteiger charge is -2.31. The van der Waals surface area contributed by atoms with Crippen LogP contribution in [0, 0.1) is 11.8 Å². The van der Waals surface area contributed by atoms with Crippen molar-refractivity contribution in [2.45, 2.75) is 94.0 Å². The van der Waals surface area contributed by atoms with E-state index >= 15 is 0 Å². The van der Waals surface area contributed by atoms with E-state index in [0.29, 0.717) is 30.5 Å². The SMILES string of the molecule is CCCC(Cl)(Cl)CC1OC2CCC(O1)C1CCCC2CC1. The fourth-order valence-corrected chi connectivity index (χ4v) is 5.12. The molecule has 21 heavy (non-hydrogen) atoms. The Morgan fingerprint density at radius 2 is 1.48 bits per heavy atom. The molecule has 4 atom stereocenters. The highest BCUT2D eigenvalue weighted by Gasteiger charge is 2.41.